The fourth-order valence-electron chi connectivity index (χ4n) is 4.85. The van der Waals surface area contributed by atoms with Crippen LogP contribution in [0.3, 0.4) is 0 Å². The topological polar surface area (TPSA) is 131 Å². The summed E-state index contributed by atoms with van der Waals surface area (Å²) >= 11 is 0. The summed E-state index contributed by atoms with van der Waals surface area (Å²) in [5, 5.41) is 4.65. The van der Waals surface area contributed by atoms with Crippen LogP contribution in [0.2, 0.25) is 0 Å². The van der Waals surface area contributed by atoms with E-state index in [4.69, 9.17) is 9.47 Å². The minimum Gasteiger partial charge on any atom is -0.493 e. The predicted octanol–water partition coefficient (Wildman–Crippen LogP) is 3.38. The Morgan fingerprint density at radius 1 is 1.12 bits per heavy atom. The average Bonchev–Trinajstić information content (AvgIpc) is 3.25. The quantitative estimate of drug-likeness (QED) is 0.299. The first-order valence-corrected chi connectivity index (χ1v) is 14.9. The summed E-state index contributed by atoms with van der Waals surface area (Å²) in [6.45, 7) is 9.75. The van der Waals surface area contributed by atoms with Gasteiger partial charge in [-0.3, -0.25) is 14.4 Å². The smallest absolute Gasteiger partial charge is 0.277 e. The highest BCUT2D eigenvalue weighted by Crippen LogP contribution is 2.31. The van der Waals surface area contributed by atoms with Crippen molar-refractivity contribution in [3.63, 3.8) is 0 Å². The van der Waals surface area contributed by atoms with Gasteiger partial charge in [0.1, 0.15) is 11.6 Å². The second-order valence-corrected chi connectivity index (χ2v) is 11.4. The summed E-state index contributed by atoms with van der Waals surface area (Å²) in [6, 6.07) is 11.9. The molecule has 40 heavy (non-hydrogen) atoms. The number of sulfonamides is 1. The van der Waals surface area contributed by atoms with Crippen molar-refractivity contribution >= 4 is 21.2 Å². The molecule has 0 bridgehead atoms. The molecule has 0 amide bonds. The number of hydrogen-bond acceptors (Lipinski definition) is 8. The van der Waals surface area contributed by atoms with Crippen molar-refractivity contribution in [1.29, 1.82) is 0 Å². The lowest BCUT2D eigenvalue weighted by Gasteiger charge is -2.26. The van der Waals surface area contributed by atoms with E-state index in [1.807, 2.05) is 32.0 Å². The number of anilines is 1. The van der Waals surface area contributed by atoms with Gasteiger partial charge in [-0.05, 0) is 56.2 Å². The molecule has 12 heteroatoms. The highest BCUT2D eigenvalue weighted by molar-refractivity contribution is 7.92. The Morgan fingerprint density at radius 2 is 1.93 bits per heavy atom. The Morgan fingerprint density at radius 3 is 2.67 bits per heavy atom. The van der Waals surface area contributed by atoms with Gasteiger partial charge in [0.25, 0.3) is 15.6 Å². The maximum atomic E-state index is 13.5. The van der Waals surface area contributed by atoms with Gasteiger partial charge in [0.05, 0.1) is 36.0 Å². The van der Waals surface area contributed by atoms with Crippen LogP contribution in [0.1, 0.15) is 37.4 Å². The number of aromatic amines is 1. The zero-order chi connectivity index (χ0) is 28.3. The molecule has 0 spiro atoms. The molecule has 0 unspecified atom stereocenters. The van der Waals surface area contributed by atoms with Crippen LogP contribution in [-0.4, -0.2) is 65.8 Å². The van der Waals surface area contributed by atoms with Gasteiger partial charge in [0.15, 0.2) is 11.3 Å². The van der Waals surface area contributed by atoms with Gasteiger partial charge < -0.3 is 14.5 Å². The van der Waals surface area contributed by atoms with Gasteiger partial charge in [0, 0.05) is 31.7 Å². The van der Waals surface area contributed by atoms with Crippen LogP contribution < -0.4 is 15.0 Å². The van der Waals surface area contributed by atoms with E-state index in [9.17, 15) is 13.2 Å². The number of aromatic nitrogens is 4. The van der Waals surface area contributed by atoms with Crippen molar-refractivity contribution in [2.45, 2.75) is 45.1 Å². The SMILES string of the molecule is CCCc1nc(C)c2c(=O)[nH]c(-c3cc(S(=O)(=O)Nc4cccc(CN5CCOCC5)c4)ccc3OCC)nn12. The summed E-state index contributed by atoms with van der Waals surface area (Å²) in [6.07, 6.45) is 1.48. The van der Waals surface area contributed by atoms with E-state index in [1.165, 1.54) is 12.1 Å². The second-order valence-electron chi connectivity index (χ2n) is 9.71. The first-order valence-electron chi connectivity index (χ1n) is 13.5. The third-order valence-electron chi connectivity index (χ3n) is 6.72. The van der Waals surface area contributed by atoms with Crippen LogP contribution in [0.25, 0.3) is 16.9 Å². The van der Waals surface area contributed by atoms with Gasteiger partial charge in [-0.2, -0.15) is 0 Å². The zero-order valence-electron chi connectivity index (χ0n) is 22.9. The first-order chi connectivity index (χ1) is 19.3. The number of benzene rings is 2. The fourth-order valence-corrected chi connectivity index (χ4v) is 5.93. The monoisotopic (exact) mass is 566 g/mol. The summed E-state index contributed by atoms with van der Waals surface area (Å²) < 4.78 is 42.4. The van der Waals surface area contributed by atoms with Gasteiger partial charge in [0.2, 0.25) is 0 Å². The summed E-state index contributed by atoms with van der Waals surface area (Å²) in [4.78, 5) is 22.6. The maximum Gasteiger partial charge on any atom is 0.277 e. The van der Waals surface area contributed by atoms with E-state index in [-0.39, 0.29) is 16.3 Å². The minimum atomic E-state index is -3.97. The lowest BCUT2D eigenvalue weighted by molar-refractivity contribution is 0.0342. The molecule has 2 aromatic carbocycles. The lowest BCUT2D eigenvalue weighted by Crippen LogP contribution is -2.35. The number of nitrogens with one attached hydrogen (secondary N) is 2. The number of imidazole rings is 1. The van der Waals surface area contributed by atoms with Crippen molar-refractivity contribution in [2.24, 2.45) is 0 Å². The van der Waals surface area contributed by atoms with Crippen molar-refractivity contribution in [1.82, 2.24) is 24.5 Å². The second kappa shape index (κ2) is 11.8. The molecule has 0 saturated carbocycles. The number of fused-ring (bicyclic) bond motifs is 1. The minimum absolute atomic E-state index is 0.0166. The van der Waals surface area contributed by atoms with E-state index < -0.39 is 10.0 Å². The molecule has 1 aliphatic heterocycles. The molecule has 0 radical (unpaired) electrons. The van der Waals surface area contributed by atoms with Crippen LogP contribution in [0, 0.1) is 6.92 Å². The molecule has 1 fully saturated rings. The zero-order valence-corrected chi connectivity index (χ0v) is 23.8. The fraction of sp³-hybridized carbons (Fsp3) is 0.393. The van der Waals surface area contributed by atoms with Crippen molar-refractivity contribution in [3.05, 3.63) is 69.9 Å². The van der Waals surface area contributed by atoms with E-state index in [1.54, 1.807) is 23.6 Å². The Hall–Kier alpha value is -3.74. The molecule has 5 rings (SSSR count). The first kappa shape index (κ1) is 27.8. The Labute approximate surface area is 233 Å². The molecule has 3 heterocycles. The Balaban J connectivity index is 1.49. The summed E-state index contributed by atoms with van der Waals surface area (Å²) in [5.41, 5.74) is 2.43. The highest BCUT2D eigenvalue weighted by Gasteiger charge is 2.21. The van der Waals surface area contributed by atoms with E-state index in [0.29, 0.717) is 66.8 Å². The number of aryl methyl sites for hydroxylation is 2. The molecule has 0 atom stereocenters. The third-order valence-corrected chi connectivity index (χ3v) is 8.10. The van der Waals surface area contributed by atoms with Crippen LogP contribution in [0.4, 0.5) is 5.69 Å². The molecule has 2 N–H and O–H groups in total. The molecule has 1 aliphatic rings. The molecular formula is C28H34N6O5S. The molecular weight excluding hydrogens is 532 g/mol. The highest BCUT2D eigenvalue weighted by atomic mass is 32.2. The average molecular weight is 567 g/mol. The van der Waals surface area contributed by atoms with Gasteiger partial charge >= 0.3 is 0 Å². The lowest BCUT2D eigenvalue weighted by atomic mass is 10.2. The number of morpholine rings is 1. The summed E-state index contributed by atoms with van der Waals surface area (Å²) in [5.74, 6) is 1.27. The van der Waals surface area contributed by atoms with Gasteiger partial charge in [-0.15, -0.1) is 5.10 Å². The number of ether oxygens (including phenoxy) is 2. The molecule has 212 valence electrons. The normalized spacial score (nSPS) is 14.5. The van der Waals surface area contributed by atoms with Gasteiger partial charge in [-0.25, -0.2) is 17.9 Å². The van der Waals surface area contributed by atoms with Crippen LogP contribution in [0.5, 0.6) is 5.75 Å². The van der Waals surface area contributed by atoms with Crippen LogP contribution in [-0.2, 0) is 27.7 Å². The molecule has 0 aliphatic carbocycles. The van der Waals surface area contributed by atoms with E-state index >= 15 is 0 Å². The molecule has 1 saturated heterocycles. The number of rotatable bonds is 10. The maximum absolute atomic E-state index is 13.5. The molecule has 11 nitrogen and oxygen atoms in total. The molecule has 4 aromatic rings. The number of nitrogens with zero attached hydrogens (tertiary/aromatic N) is 4. The van der Waals surface area contributed by atoms with E-state index in [2.05, 4.69) is 24.7 Å². The number of hydrogen-bond donors (Lipinski definition) is 2. The van der Waals surface area contributed by atoms with Crippen LogP contribution >= 0.6 is 0 Å². The Kier molecular flexibility index (Phi) is 8.19. The van der Waals surface area contributed by atoms with Crippen molar-refractivity contribution in [2.75, 3.05) is 37.6 Å². The summed E-state index contributed by atoms with van der Waals surface area (Å²) in [7, 11) is -3.97. The third kappa shape index (κ3) is 5.88. The standard InChI is InChI=1S/C28H34N6O5S/c1-4-7-25-29-19(3)26-28(35)30-27(31-34(25)26)23-17-22(10-11-24(23)39-5-2)40(36,37)32-21-9-6-8-20(16-21)18-33-12-14-38-15-13-33/h6,8-11,16-17,32H,4-5,7,12-15,18H2,1-3H3,(H,30,31,35). The molecule has 2 aromatic heterocycles. The number of H-pyrrole nitrogens is 1. The largest absolute Gasteiger partial charge is 0.493 e. The van der Waals surface area contributed by atoms with Crippen LogP contribution in [0.15, 0.2) is 52.2 Å². The Bertz CT molecular complexity index is 1670. The van der Waals surface area contributed by atoms with Crippen molar-refractivity contribution in [3.8, 4) is 17.1 Å². The van der Waals surface area contributed by atoms with Gasteiger partial charge in [-0.1, -0.05) is 19.1 Å². The van der Waals surface area contributed by atoms with E-state index in [0.717, 1.165) is 25.1 Å². The predicted molar refractivity (Wildman–Crippen MR) is 152 cm³/mol. The van der Waals surface area contributed by atoms with Crippen molar-refractivity contribution < 1.29 is 17.9 Å².